The second kappa shape index (κ2) is 11.4. The van der Waals surface area contributed by atoms with Gasteiger partial charge in [0.15, 0.2) is 0 Å². The average molecular weight is 492 g/mol. The summed E-state index contributed by atoms with van der Waals surface area (Å²) in [6, 6.07) is 3.10. The zero-order valence-electron chi connectivity index (χ0n) is 18.4. The van der Waals surface area contributed by atoms with E-state index in [1.807, 2.05) is 24.3 Å². The van der Waals surface area contributed by atoms with E-state index in [0.717, 1.165) is 16.5 Å². The van der Waals surface area contributed by atoms with Crippen LogP contribution in [-0.4, -0.2) is 86.9 Å². The van der Waals surface area contributed by atoms with Crippen LogP contribution in [0.3, 0.4) is 0 Å². The predicted octanol–water partition coefficient (Wildman–Crippen LogP) is -0.995. The number of carbonyl (C=O) groups is 4. The SMILES string of the molecule is NC(CO)C(=O)NC(Cc1c[nH]c2ccccc12)C(=O)NC(CS)C(=O)N1CCCC1C(=O)O. The Morgan fingerprint density at radius 2 is 1.88 bits per heavy atom. The van der Waals surface area contributed by atoms with Gasteiger partial charge in [-0.05, 0) is 24.5 Å². The van der Waals surface area contributed by atoms with E-state index in [4.69, 9.17) is 5.73 Å². The van der Waals surface area contributed by atoms with Crippen LogP contribution >= 0.6 is 12.6 Å². The van der Waals surface area contributed by atoms with Gasteiger partial charge in [-0.2, -0.15) is 12.6 Å². The van der Waals surface area contributed by atoms with Crippen LogP contribution in [0, 0.1) is 0 Å². The fourth-order valence-electron chi connectivity index (χ4n) is 4.04. The third-order valence-corrected chi connectivity index (χ3v) is 6.25. The molecule has 1 aromatic carbocycles. The fourth-order valence-corrected chi connectivity index (χ4v) is 4.28. The minimum absolute atomic E-state index is 0.0582. The molecule has 0 saturated carbocycles. The van der Waals surface area contributed by atoms with Crippen LogP contribution in [0.2, 0.25) is 0 Å². The number of aliphatic hydroxyl groups excluding tert-OH is 1. The van der Waals surface area contributed by atoms with Gasteiger partial charge in [0.1, 0.15) is 24.2 Å². The third kappa shape index (κ3) is 5.69. The number of likely N-dealkylation sites (tertiary alicyclic amines) is 1. The van der Waals surface area contributed by atoms with E-state index in [1.54, 1.807) is 6.20 Å². The molecule has 11 nitrogen and oxygen atoms in total. The molecule has 12 heteroatoms. The number of aliphatic hydroxyl groups is 1. The quantitative estimate of drug-likeness (QED) is 0.208. The summed E-state index contributed by atoms with van der Waals surface area (Å²) in [4.78, 5) is 54.3. The van der Waals surface area contributed by atoms with E-state index < -0.39 is 54.5 Å². The lowest BCUT2D eigenvalue weighted by molar-refractivity contribution is -0.149. The molecule has 184 valence electrons. The van der Waals surface area contributed by atoms with Crippen molar-refractivity contribution in [2.75, 3.05) is 18.9 Å². The van der Waals surface area contributed by atoms with Gasteiger partial charge in [0, 0.05) is 35.8 Å². The summed E-state index contributed by atoms with van der Waals surface area (Å²) in [7, 11) is 0. The van der Waals surface area contributed by atoms with E-state index >= 15 is 0 Å². The molecule has 0 radical (unpaired) electrons. The van der Waals surface area contributed by atoms with Crippen LogP contribution < -0.4 is 16.4 Å². The summed E-state index contributed by atoms with van der Waals surface area (Å²) < 4.78 is 0. The van der Waals surface area contributed by atoms with E-state index in [0.29, 0.717) is 12.8 Å². The highest BCUT2D eigenvalue weighted by molar-refractivity contribution is 7.80. The van der Waals surface area contributed by atoms with Crippen molar-refractivity contribution in [3.63, 3.8) is 0 Å². The Balaban J connectivity index is 1.79. The van der Waals surface area contributed by atoms with Gasteiger partial charge in [-0.3, -0.25) is 14.4 Å². The molecule has 4 atom stereocenters. The molecule has 3 rings (SSSR count). The molecule has 1 fully saturated rings. The molecule has 0 aliphatic carbocycles. The van der Waals surface area contributed by atoms with Gasteiger partial charge in [-0.15, -0.1) is 0 Å². The molecule has 1 aromatic heterocycles. The highest BCUT2D eigenvalue weighted by Gasteiger charge is 2.38. The molecule has 3 amide bonds. The van der Waals surface area contributed by atoms with Gasteiger partial charge in [-0.1, -0.05) is 18.2 Å². The van der Waals surface area contributed by atoms with Crippen LogP contribution in [0.1, 0.15) is 18.4 Å². The Morgan fingerprint density at radius 3 is 2.56 bits per heavy atom. The summed E-state index contributed by atoms with van der Waals surface area (Å²) >= 11 is 4.17. The molecule has 4 unspecified atom stereocenters. The first-order chi connectivity index (χ1) is 16.3. The summed E-state index contributed by atoms with van der Waals surface area (Å²) in [6.07, 6.45) is 2.71. The number of amides is 3. The van der Waals surface area contributed by atoms with Crippen LogP contribution in [-0.2, 0) is 25.6 Å². The normalized spacial score (nSPS) is 18.3. The lowest BCUT2D eigenvalue weighted by atomic mass is 10.0. The summed E-state index contributed by atoms with van der Waals surface area (Å²) in [5.41, 5.74) is 7.21. The number of nitrogens with two attached hydrogens (primary N) is 1. The van der Waals surface area contributed by atoms with Crippen molar-refractivity contribution in [3.05, 3.63) is 36.0 Å². The topological polar surface area (TPSA) is 178 Å². The molecule has 2 aromatic rings. The number of thiol groups is 1. The number of nitrogens with zero attached hydrogens (tertiary/aromatic N) is 1. The molecular formula is C22H29N5O6S. The van der Waals surface area contributed by atoms with Crippen LogP contribution in [0.5, 0.6) is 0 Å². The van der Waals surface area contributed by atoms with Crippen molar-refractivity contribution in [2.24, 2.45) is 5.73 Å². The molecule has 2 heterocycles. The maximum Gasteiger partial charge on any atom is 0.326 e. The van der Waals surface area contributed by atoms with E-state index in [2.05, 4.69) is 28.2 Å². The highest BCUT2D eigenvalue weighted by atomic mass is 32.1. The number of aliphatic carboxylic acids is 1. The number of hydrogen-bond acceptors (Lipinski definition) is 7. The smallest absolute Gasteiger partial charge is 0.326 e. The Kier molecular flexibility index (Phi) is 8.53. The van der Waals surface area contributed by atoms with Crippen molar-refractivity contribution in [3.8, 4) is 0 Å². The number of para-hydroxylation sites is 1. The number of aromatic nitrogens is 1. The standard InChI is InChI=1S/C22H29N5O6S/c23-14(10-28)19(29)25-16(8-12-9-24-15-5-2-1-4-13(12)15)20(30)26-17(11-34)21(31)27-7-3-6-18(27)22(32)33/h1-2,4-5,9,14,16-18,24,28,34H,3,6-8,10-11,23H2,(H,25,29)(H,26,30)(H,32,33). The number of carboxylic acid groups (broad SMARTS) is 1. The molecule has 7 N–H and O–H groups in total. The van der Waals surface area contributed by atoms with Crippen molar-refractivity contribution >= 4 is 47.2 Å². The Morgan fingerprint density at radius 1 is 1.18 bits per heavy atom. The maximum atomic E-state index is 13.2. The van der Waals surface area contributed by atoms with E-state index in [9.17, 15) is 29.4 Å². The van der Waals surface area contributed by atoms with Crippen molar-refractivity contribution in [2.45, 2.75) is 43.4 Å². The fraction of sp³-hybridized carbons (Fsp3) is 0.455. The lowest BCUT2D eigenvalue weighted by Gasteiger charge is -2.28. The zero-order chi connectivity index (χ0) is 24.8. The number of aromatic amines is 1. The minimum atomic E-state index is -1.22. The monoisotopic (exact) mass is 491 g/mol. The van der Waals surface area contributed by atoms with Gasteiger partial charge in [0.2, 0.25) is 17.7 Å². The van der Waals surface area contributed by atoms with E-state index in [1.165, 1.54) is 4.90 Å². The molecule has 0 spiro atoms. The Bertz CT molecular complexity index is 1060. The number of H-pyrrole nitrogens is 1. The van der Waals surface area contributed by atoms with Gasteiger partial charge >= 0.3 is 5.97 Å². The number of fused-ring (bicyclic) bond motifs is 1. The molecule has 0 bridgehead atoms. The number of carbonyl (C=O) groups excluding carboxylic acids is 3. The van der Waals surface area contributed by atoms with Crippen LogP contribution in [0.25, 0.3) is 10.9 Å². The molecule has 1 saturated heterocycles. The van der Waals surface area contributed by atoms with Crippen molar-refractivity contribution < 1.29 is 29.4 Å². The average Bonchev–Trinajstić information content (AvgIpc) is 3.48. The first-order valence-corrected chi connectivity index (χ1v) is 11.6. The van der Waals surface area contributed by atoms with Gasteiger partial charge < -0.3 is 36.5 Å². The van der Waals surface area contributed by atoms with E-state index in [-0.39, 0.29) is 18.7 Å². The predicted molar refractivity (Wildman–Crippen MR) is 127 cm³/mol. The summed E-state index contributed by atoms with van der Waals surface area (Å²) in [5.74, 6) is -3.07. The third-order valence-electron chi connectivity index (χ3n) is 5.88. The highest BCUT2D eigenvalue weighted by Crippen LogP contribution is 2.20. The summed E-state index contributed by atoms with van der Waals surface area (Å²) in [5, 5.41) is 24.6. The van der Waals surface area contributed by atoms with Crippen molar-refractivity contribution in [1.29, 1.82) is 0 Å². The van der Waals surface area contributed by atoms with Gasteiger partial charge in [-0.25, -0.2) is 4.79 Å². The maximum absolute atomic E-state index is 13.2. The Hall–Kier alpha value is -3.09. The Labute approximate surface area is 201 Å². The minimum Gasteiger partial charge on any atom is -0.480 e. The number of hydrogen-bond donors (Lipinski definition) is 7. The van der Waals surface area contributed by atoms with Crippen LogP contribution in [0.15, 0.2) is 30.5 Å². The second-order valence-electron chi connectivity index (χ2n) is 8.19. The number of rotatable bonds is 10. The first kappa shape index (κ1) is 25.5. The number of carboxylic acids is 1. The molecule has 34 heavy (non-hydrogen) atoms. The second-order valence-corrected chi connectivity index (χ2v) is 8.55. The first-order valence-electron chi connectivity index (χ1n) is 10.9. The molecule has 1 aliphatic rings. The largest absolute Gasteiger partial charge is 0.480 e. The number of benzene rings is 1. The summed E-state index contributed by atoms with van der Waals surface area (Å²) in [6.45, 7) is -0.326. The molecule has 1 aliphatic heterocycles. The van der Waals surface area contributed by atoms with Gasteiger partial charge in [0.25, 0.3) is 0 Å². The number of nitrogens with one attached hydrogen (secondary N) is 3. The van der Waals surface area contributed by atoms with Crippen molar-refractivity contribution in [1.82, 2.24) is 20.5 Å². The van der Waals surface area contributed by atoms with Crippen LogP contribution in [0.4, 0.5) is 0 Å². The molecular weight excluding hydrogens is 462 g/mol. The zero-order valence-corrected chi connectivity index (χ0v) is 19.3. The lowest BCUT2D eigenvalue weighted by Crippen LogP contribution is -2.58. The van der Waals surface area contributed by atoms with Gasteiger partial charge in [0.05, 0.1) is 6.61 Å².